The van der Waals surface area contributed by atoms with E-state index in [1.165, 1.54) is 7.11 Å². The second-order valence-electron chi connectivity index (χ2n) is 10.1. The minimum atomic E-state index is -0.812. The normalized spacial score (nSPS) is 37.1. The van der Waals surface area contributed by atoms with E-state index in [4.69, 9.17) is 4.74 Å². The molecule has 1 heterocycles. The van der Waals surface area contributed by atoms with E-state index in [-0.39, 0.29) is 36.1 Å². The molecule has 2 saturated carbocycles. The topological polar surface area (TPSA) is 98.5 Å². The molecule has 1 aromatic heterocycles. The number of carbonyl (C=O) groups is 3. The molecule has 0 aromatic carbocycles. The zero-order valence-electron chi connectivity index (χ0n) is 18.5. The molecule has 0 unspecified atom stereocenters. The Morgan fingerprint density at radius 2 is 2.06 bits per heavy atom. The predicted octanol–water partition coefficient (Wildman–Crippen LogP) is 3.80. The Hall–Kier alpha value is -2.44. The lowest BCUT2D eigenvalue weighted by Crippen LogP contribution is -2.52. The number of hydrogen-bond donors (Lipinski definition) is 1. The van der Waals surface area contributed by atoms with Gasteiger partial charge in [-0.2, -0.15) is 0 Å². The summed E-state index contributed by atoms with van der Waals surface area (Å²) < 4.78 is 7.00. The molecule has 0 amide bonds. The monoisotopic (exact) mass is 428 g/mol. The second kappa shape index (κ2) is 7.92. The summed E-state index contributed by atoms with van der Waals surface area (Å²) >= 11 is 0. The van der Waals surface area contributed by atoms with Crippen LogP contribution in [0.2, 0.25) is 0 Å². The number of fused-ring (bicyclic) bond motifs is 3. The van der Waals surface area contributed by atoms with Crippen LogP contribution in [0.15, 0.2) is 24.3 Å². The van der Waals surface area contributed by atoms with E-state index in [9.17, 15) is 19.5 Å². The first-order valence-corrected chi connectivity index (χ1v) is 11.2. The minimum Gasteiger partial charge on any atom is -0.481 e. The van der Waals surface area contributed by atoms with Crippen LogP contribution in [0, 0.1) is 34.5 Å². The molecule has 0 aliphatic heterocycles. The highest BCUT2D eigenvalue weighted by molar-refractivity contribution is 5.86. The molecule has 3 aliphatic carbocycles. The van der Waals surface area contributed by atoms with E-state index in [0.29, 0.717) is 11.8 Å². The van der Waals surface area contributed by atoms with Crippen LogP contribution >= 0.6 is 0 Å². The summed E-state index contributed by atoms with van der Waals surface area (Å²) in [5.41, 5.74) is 1.35. The van der Waals surface area contributed by atoms with Gasteiger partial charge in [0.25, 0.3) is 0 Å². The van der Waals surface area contributed by atoms with Crippen molar-refractivity contribution in [3.05, 3.63) is 24.3 Å². The lowest BCUT2D eigenvalue weighted by Gasteiger charge is -2.58. The van der Waals surface area contributed by atoms with Crippen molar-refractivity contribution in [1.82, 2.24) is 9.55 Å². The van der Waals surface area contributed by atoms with Crippen molar-refractivity contribution in [2.45, 2.75) is 58.8 Å². The van der Waals surface area contributed by atoms with Crippen molar-refractivity contribution < 1.29 is 24.2 Å². The van der Waals surface area contributed by atoms with Crippen LogP contribution in [-0.4, -0.2) is 40.0 Å². The summed E-state index contributed by atoms with van der Waals surface area (Å²) in [5, 5.41) is 9.51. The predicted molar refractivity (Wildman–Crippen MR) is 114 cm³/mol. The molecule has 0 saturated heterocycles. The lowest BCUT2D eigenvalue weighted by molar-refractivity contribution is -0.156. The van der Waals surface area contributed by atoms with Gasteiger partial charge in [-0.15, -0.1) is 0 Å². The minimum absolute atomic E-state index is 0.0530. The van der Waals surface area contributed by atoms with E-state index in [1.807, 2.05) is 10.8 Å². The van der Waals surface area contributed by atoms with Crippen LogP contribution in [0.3, 0.4) is 0 Å². The molecule has 7 nitrogen and oxygen atoms in total. The van der Waals surface area contributed by atoms with Crippen molar-refractivity contribution >= 4 is 23.9 Å². The van der Waals surface area contributed by atoms with Gasteiger partial charge in [0.2, 0.25) is 0 Å². The van der Waals surface area contributed by atoms with Gasteiger partial charge in [0.1, 0.15) is 6.29 Å². The van der Waals surface area contributed by atoms with Crippen molar-refractivity contribution in [3.63, 3.8) is 0 Å². The van der Waals surface area contributed by atoms with Crippen LogP contribution in [0.4, 0.5) is 0 Å². The molecule has 1 N–H and O–H groups in total. The highest BCUT2D eigenvalue weighted by Gasteiger charge is 2.60. The molecular formula is C24H32N2O5. The molecule has 31 heavy (non-hydrogen) atoms. The van der Waals surface area contributed by atoms with Gasteiger partial charge in [-0.3, -0.25) is 14.4 Å². The Morgan fingerprint density at radius 1 is 1.29 bits per heavy atom. The lowest BCUT2D eigenvalue weighted by atomic mass is 9.46. The van der Waals surface area contributed by atoms with Crippen molar-refractivity contribution in [2.24, 2.45) is 34.5 Å². The number of aldehydes is 1. The number of carbonyl (C=O) groups excluding carboxylic acids is 2. The summed E-state index contributed by atoms with van der Waals surface area (Å²) in [6.45, 7) is 4.36. The summed E-state index contributed by atoms with van der Waals surface area (Å²) in [7, 11) is 1.39. The number of allylic oxidation sites excluding steroid dienone is 2. The number of aliphatic carboxylic acids is 1. The fourth-order valence-corrected chi connectivity index (χ4v) is 7.39. The molecule has 1 aromatic rings. The van der Waals surface area contributed by atoms with Crippen LogP contribution < -0.4 is 0 Å². The Kier molecular flexibility index (Phi) is 5.56. The largest absolute Gasteiger partial charge is 0.481 e. The molecule has 2 fully saturated rings. The molecular weight excluding hydrogens is 396 g/mol. The number of aromatic nitrogens is 2. The average molecular weight is 429 g/mol. The Morgan fingerprint density at radius 3 is 2.68 bits per heavy atom. The number of hydrogen-bond acceptors (Lipinski definition) is 5. The smallest absolute Gasteiger partial charge is 0.306 e. The number of methoxy groups -OCH3 is 1. The summed E-state index contributed by atoms with van der Waals surface area (Å²) in [6.07, 6.45) is 11.0. The number of esters is 1. The van der Waals surface area contributed by atoms with E-state index >= 15 is 0 Å². The summed E-state index contributed by atoms with van der Waals surface area (Å²) in [6, 6.07) is 0. The van der Waals surface area contributed by atoms with Crippen LogP contribution in [0.25, 0.3) is 5.70 Å². The molecule has 6 atom stereocenters. The van der Waals surface area contributed by atoms with Gasteiger partial charge in [-0.05, 0) is 61.2 Å². The Bertz CT molecular complexity index is 907. The first kappa shape index (κ1) is 21.8. The molecule has 0 radical (unpaired) electrons. The van der Waals surface area contributed by atoms with Crippen molar-refractivity contribution in [1.29, 1.82) is 0 Å². The zero-order chi connectivity index (χ0) is 22.4. The number of imidazole rings is 1. The summed E-state index contributed by atoms with van der Waals surface area (Å²) in [5.74, 6) is -0.265. The molecule has 3 aliphatic rings. The molecule has 7 heteroatoms. The number of rotatable bonds is 6. The van der Waals surface area contributed by atoms with E-state index < -0.39 is 11.4 Å². The highest BCUT2D eigenvalue weighted by Crippen LogP contribution is 2.66. The quantitative estimate of drug-likeness (QED) is 0.547. The van der Waals surface area contributed by atoms with Gasteiger partial charge in [0, 0.05) is 35.5 Å². The van der Waals surface area contributed by atoms with Crippen LogP contribution in [0.1, 0.15) is 58.8 Å². The maximum Gasteiger partial charge on any atom is 0.306 e. The zero-order valence-corrected chi connectivity index (χ0v) is 18.5. The fraction of sp³-hybridized carbons (Fsp3) is 0.667. The van der Waals surface area contributed by atoms with Crippen LogP contribution in [0.5, 0.6) is 0 Å². The van der Waals surface area contributed by atoms with E-state index in [0.717, 1.165) is 49.7 Å². The molecule has 0 bridgehead atoms. The SMILES string of the molecule is COC(=O)C[C@@]1(C)[C@H](CC(=O)O)CC[C@@H]2[C@@H]1CC[C@]1(C)C(n3ccnc3)=C(C=O)C[C@@H]21. The maximum atomic E-state index is 12.4. The van der Waals surface area contributed by atoms with Gasteiger partial charge in [0.15, 0.2) is 0 Å². The van der Waals surface area contributed by atoms with Crippen molar-refractivity contribution in [2.75, 3.05) is 7.11 Å². The number of ether oxygens (including phenoxy) is 1. The number of carboxylic acid groups (broad SMARTS) is 1. The third kappa shape index (κ3) is 3.42. The average Bonchev–Trinajstić information content (AvgIpc) is 3.34. The second-order valence-corrected chi connectivity index (χ2v) is 10.1. The fourth-order valence-electron chi connectivity index (χ4n) is 7.39. The van der Waals surface area contributed by atoms with Gasteiger partial charge in [-0.1, -0.05) is 13.8 Å². The molecule has 4 rings (SSSR count). The standard InChI is InChI=1S/C24H32N2O5/c1-23-7-6-18-17(19(23)10-15(13-27)22(23)26-9-8-25-14-26)5-4-16(11-20(28)29)24(18,2)12-21(30)31-3/h8-9,13-14,16-19H,4-7,10-12H2,1-3H3,(H,28,29)/t16-,17+,18-,19-,23-,24-/m0/s1. The number of nitrogens with zero attached hydrogens (tertiary/aromatic N) is 2. The highest BCUT2D eigenvalue weighted by atomic mass is 16.5. The Balaban J connectivity index is 1.70. The third-order valence-electron chi connectivity index (χ3n) is 8.82. The van der Waals surface area contributed by atoms with Crippen molar-refractivity contribution in [3.8, 4) is 0 Å². The molecule has 0 spiro atoms. The van der Waals surface area contributed by atoms with Gasteiger partial charge >= 0.3 is 11.9 Å². The molecule has 168 valence electrons. The van der Waals surface area contributed by atoms with E-state index in [1.54, 1.807) is 12.5 Å². The first-order chi connectivity index (χ1) is 14.7. The maximum absolute atomic E-state index is 12.4. The van der Waals surface area contributed by atoms with E-state index in [2.05, 4.69) is 18.8 Å². The van der Waals surface area contributed by atoms with Crippen LogP contribution in [-0.2, 0) is 19.1 Å². The van der Waals surface area contributed by atoms with Gasteiger partial charge < -0.3 is 14.4 Å². The Labute approximate surface area is 182 Å². The van der Waals surface area contributed by atoms with Gasteiger partial charge in [0.05, 0.1) is 19.9 Å². The third-order valence-corrected chi connectivity index (χ3v) is 8.82. The summed E-state index contributed by atoms with van der Waals surface area (Å²) in [4.78, 5) is 40.2. The van der Waals surface area contributed by atoms with Gasteiger partial charge in [-0.25, -0.2) is 4.98 Å². The number of carboxylic acids is 1. The first-order valence-electron chi connectivity index (χ1n) is 11.2.